The zero-order valence-electron chi connectivity index (χ0n) is 6.09. The third kappa shape index (κ3) is 12.2. The van der Waals surface area contributed by atoms with Crippen LogP contribution in [0.5, 0.6) is 0 Å². The Morgan fingerprint density at radius 2 is 0.900 bits per heavy atom. The Morgan fingerprint density at radius 3 is 1.00 bits per heavy atom. The van der Waals surface area contributed by atoms with Gasteiger partial charge in [-0.1, -0.05) is 0 Å². The summed E-state index contributed by atoms with van der Waals surface area (Å²) in [6.07, 6.45) is 0. The van der Waals surface area contributed by atoms with Crippen molar-refractivity contribution in [3.63, 3.8) is 0 Å². The molecule has 0 unspecified atom stereocenters. The second-order valence-corrected chi connectivity index (χ2v) is 1.50. The summed E-state index contributed by atoms with van der Waals surface area (Å²) < 4.78 is 0. The third-order valence-electron chi connectivity index (χ3n) is 0.957. The minimum atomic E-state index is 0. The smallest absolute Gasteiger partial charge is 0.870 e. The van der Waals surface area contributed by atoms with Gasteiger partial charge in [0.1, 0.15) is 0 Å². The minimum Gasteiger partial charge on any atom is -0.870 e. The van der Waals surface area contributed by atoms with Crippen molar-refractivity contribution < 1.29 is 35.0 Å². The third-order valence-corrected chi connectivity index (χ3v) is 0.957. The molecule has 10 heavy (non-hydrogen) atoms. The Morgan fingerprint density at radius 1 is 0.700 bits per heavy atom. The summed E-state index contributed by atoms with van der Waals surface area (Å²) in [7, 11) is 0. The van der Waals surface area contributed by atoms with E-state index in [1.165, 1.54) is 0 Å². The predicted molar refractivity (Wildman–Crippen MR) is 42.2 cm³/mol. The number of nitrogens with one attached hydrogen (secondary N) is 2. The predicted octanol–water partition coefficient (Wildman–Crippen LogP) is -3.15. The summed E-state index contributed by atoms with van der Waals surface area (Å²) in [5.74, 6) is 0. The van der Waals surface area contributed by atoms with Crippen LogP contribution >= 0.6 is 24.8 Å². The van der Waals surface area contributed by atoms with Crippen molar-refractivity contribution in [2.24, 2.45) is 0 Å². The van der Waals surface area contributed by atoms with Gasteiger partial charge in [-0.05, 0) is 0 Å². The van der Waals surface area contributed by atoms with E-state index in [0.29, 0.717) is 0 Å². The molecule has 3 nitrogen and oxygen atoms in total. The van der Waals surface area contributed by atoms with E-state index in [0.717, 1.165) is 26.2 Å². The monoisotopic (exact) mass is 198 g/mol. The number of rotatable bonds is 0. The Labute approximate surface area is 96.1 Å². The zero-order chi connectivity index (χ0) is 4.24. The van der Waals surface area contributed by atoms with Gasteiger partial charge < -0.3 is 16.1 Å². The summed E-state index contributed by atoms with van der Waals surface area (Å²) in [6.45, 7) is 4.56. The van der Waals surface area contributed by atoms with Crippen LogP contribution < -0.4 is 40.2 Å². The molecule has 1 saturated heterocycles. The van der Waals surface area contributed by atoms with Crippen LogP contribution in [-0.4, -0.2) is 31.7 Å². The molecule has 6 heteroatoms. The van der Waals surface area contributed by atoms with Crippen LogP contribution in [-0.2, 0) is 0 Å². The first-order valence-corrected chi connectivity index (χ1v) is 2.41. The maximum Gasteiger partial charge on any atom is 1.00 e. The maximum atomic E-state index is 3.22. The fourth-order valence-corrected chi connectivity index (χ4v) is 0.604. The molecule has 0 amide bonds. The van der Waals surface area contributed by atoms with Gasteiger partial charge in [0.25, 0.3) is 0 Å². The van der Waals surface area contributed by atoms with Crippen LogP contribution in [0, 0.1) is 0 Å². The summed E-state index contributed by atoms with van der Waals surface area (Å²) in [4.78, 5) is 0. The Hall–Kier alpha value is 1.46. The van der Waals surface area contributed by atoms with E-state index in [4.69, 9.17) is 0 Å². The molecule has 3 N–H and O–H groups in total. The number of halogens is 2. The average Bonchev–Trinajstić information content (AvgIpc) is 1.72. The Bertz CT molecular complexity index is 36.7. The molecule has 0 aliphatic carbocycles. The normalized spacial score (nSPS) is 14.4. The number of hydrogen-bond donors (Lipinski definition) is 2. The van der Waals surface area contributed by atoms with Gasteiger partial charge >= 0.3 is 29.6 Å². The largest absolute Gasteiger partial charge is 1.00 e. The second kappa shape index (κ2) is 16.8. The van der Waals surface area contributed by atoms with Gasteiger partial charge in [0.2, 0.25) is 0 Å². The molecule has 1 fully saturated rings. The van der Waals surface area contributed by atoms with E-state index >= 15 is 0 Å². The molecule has 0 aromatic rings. The Balaban J connectivity index is -0.0000000450. The molecular formula is C4H13Cl2N2NaO. The van der Waals surface area contributed by atoms with Gasteiger partial charge in [0, 0.05) is 26.2 Å². The molecule has 60 valence electrons. The van der Waals surface area contributed by atoms with Gasteiger partial charge in [-0.15, -0.1) is 24.8 Å². The molecule has 1 heterocycles. The summed E-state index contributed by atoms with van der Waals surface area (Å²) in [5, 5.41) is 6.44. The first-order valence-electron chi connectivity index (χ1n) is 2.41. The quantitative estimate of drug-likeness (QED) is 0.405. The average molecular weight is 199 g/mol. The van der Waals surface area contributed by atoms with Gasteiger partial charge in [-0.25, -0.2) is 0 Å². The molecule has 0 bridgehead atoms. The van der Waals surface area contributed by atoms with Crippen molar-refractivity contribution in [1.29, 1.82) is 0 Å². The van der Waals surface area contributed by atoms with Gasteiger partial charge in [0.05, 0.1) is 0 Å². The molecule has 0 aromatic heterocycles. The molecule has 0 atom stereocenters. The first-order chi connectivity index (χ1) is 3.00. The summed E-state index contributed by atoms with van der Waals surface area (Å²) in [6, 6.07) is 0. The molecule has 0 saturated carbocycles. The van der Waals surface area contributed by atoms with Gasteiger partial charge in [0.15, 0.2) is 0 Å². The topological polar surface area (TPSA) is 54.1 Å². The standard InChI is InChI=1S/C4H10N2.2ClH.Na.H2O/c1-2-6-4-3-5-1;;;;/h5-6H,1-4H2;2*1H;;1H2/q;;;+1;/p-1. The van der Waals surface area contributed by atoms with E-state index in [1.807, 2.05) is 0 Å². The van der Waals surface area contributed by atoms with Crippen LogP contribution in [0.4, 0.5) is 0 Å². The minimum absolute atomic E-state index is 0. The van der Waals surface area contributed by atoms with E-state index in [-0.39, 0.29) is 59.8 Å². The Kier molecular flexibility index (Phi) is 37.9. The zero-order valence-corrected chi connectivity index (χ0v) is 9.73. The van der Waals surface area contributed by atoms with E-state index in [9.17, 15) is 0 Å². The number of hydrogen-bond acceptors (Lipinski definition) is 3. The van der Waals surface area contributed by atoms with Crippen LogP contribution in [0.15, 0.2) is 0 Å². The van der Waals surface area contributed by atoms with Crippen LogP contribution in [0.25, 0.3) is 0 Å². The molecule has 0 radical (unpaired) electrons. The van der Waals surface area contributed by atoms with Crippen LogP contribution in [0.1, 0.15) is 0 Å². The van der Waals surface area contributed by atoms with Gasteiger partial charge in [-0.2, -0.15) is 0 Å². The number of piperazine rings is 1. The molecule has 0 spiro atoms. The SMILES string of the molecule is C1CNCCN1.Cl.Cl.[Na+].[OH-]. The fraction of sp³-hybridized carbons (Fsp3) is 1.00. The van der Waals surface area contributed by atoms with Crippen molar-refractivity contribution in [3.05, 3.63) is 0 Å². The molecule has 0 aromatic carbocycles. The maximum absolute atomic E-state index is 3.22. The van der Waals surface area contributed by atoms with Crippen molar-refractivity contribution in [2.75, 3.05) is 26.2 Å². The summed E-state index contributed by atoms with van der Waals surface area (Å²) >= 11 is 0. The van der Waals surface area contributed by atoms with Gasteiger partial charge in [-0.3, -0.25) is 0 Å². The van der Waals surface area contributed by atoms with Crippen molar-refractivity contribution in [1.82, 2.24) is 10.6 Å². The van der Waals surface area contributed by atoms with Crippen LogP contribution in [0.2, 0.25) is 0 Å². The van der Waals surface area contributed by atoms with E-state index in [1.54, 1.807) is 0 Å². The molecule has 1 rings (SSSR count). The fourth-order valence-electron chi connectivity index (χ4n) is 0.604. The molecule has 1 aliphatic rings. The summed E-state index contributed by atoms with van der Waals surface area (Å²) in [5.41, 5.74) is 0. The van der Waals surface area contributed by atoms with Crippen molar-refractivity contribution in [2.45, 2.75) is 0 Å². The van der Waals surface area contributed by atoms with E-state index in [2.05, 4.69) is 10.6 Å². The van der Waals surface area contributed by atoms with Crippen molar-refractivity contribution >= 4 is 24.8 Å². The van der Waals surface area contributed by atoms with E-state index < -0.39 is 0 Å². The molecule has 1 aliphatic heterocycles. The van der Waals surface area contributed by atoms with Crippen LogP contribution in [0.3, 0.4) is 0 Å². The van der Waals surface area contributed by atoms with Crippen molar-refractivity contribution in [3.8, 4) is 0 Å². The molecular weight excluding hydrogens is 186 g/mol. The first kappa shape index (κ1) is 22.5. The second-order valence-electron chi connectivity index (χ2n) is 1.50.